The third-order valence-corrected chi connectivity index (χ3v) is 5.91. The minimum Gasteiger partial charge on any atom is -0.496 e. The summed E-state index contributed by atoms with van der Waals surface area (Å²) in [6.45, 7) is 5.39. The highest BCUT2D eigenvalue weighted by molar-refractivity contribution is 5.42. The fourth-order valence-electron chi connectivity index (χ4n) is 4.54. The molecular weight excluding hydrogens is 381 g/mol. The minimum atomic E-state index is -4.31. The summed E-state index contributed by atoms with van der Waals surface area (Å²) >= 11 is 0. The lowest BCUT2D eigenvalue weighted by molar-refractivity contribution is -0.173. The molecule has 5 nitrogen and oxygen atoms in total. The van der Waals surface area contributed by atoms with Crippen molar-refractivity contribution in [3.63, 3.8) is 0 Å². The molecule has 1 N–H and O–H groups in total. The van der Waals surface area contributed by atoms with Gasteiger partial charge < -0.3 is 10.1 Å². The molecular formula is C21H27F3N4O. The lowest BCUT2D eigenvalue weighted by atomic mass is 10.1. The summed E-state index contributed by atoms with van der Waals surface area (Å²) in [5.41, 5.74) is 2.95. The van der Waals surface area contributed by atoms with Crippen molar-refractivity contribution in [2.75, 3.05) is 19.0 Å². The van der Waals surface area contributed by atoms with Gasteiger partial charge in [-0.05, 0) is 45.7 Å². The molecule has 158 valence electrons. The van der Waals surface area contributed by atoms with Gasteiger partial charge in [0.05, 0.1) is 18.8 Å². The van der Waals surface area contributed by atoms with Crippen molar-refractivity contribution in [2.45, 2.75) is 64.0 Å². The van der Waals surface area contributed by atoms with Crippen LogP contribution >= 0.6 is 0 Å². The van der Waals surface area contributed by atoms with Crippen molar-refractivity contribution in [2.24, 2.45) is 0 Å². The number of aryl methyl sites for hydroxylation is 1. The minimum absolute atomic E-state index is 0.00399. The molecule has 0 radical (unpaired) electrons. The Labute approximate surface area is 168 Å². The van der Waals surface area contributed by atoms with E-state index < -0.39 is 12.2 Å². The Morgan fingerprint density at radius 2 is 2.07 bits per heavy atom. The molecule has 2 aromatic rings. The van der Waals surface area contributed by atoms with E-state index in [1.807, 2.05) is 19.1 Å². The second kappa shape index (κ2) is 7.55. The molecule has 0 aliphatic carbocycles. The zero-order valence-corrected chi connectivity index (χ0v) is 17.0. The number of nitrogens with one attached hydrogen (secondary N) is 1. The quantitative estimate of drug-likeness (QED) is 0.786. The van der Waals surface area contributed by atoms with E-state index in [1.54, 1.807) is 20.1 Å². The number of hydrogen-bond acceptors (Lipinski definition) is 4. The fraction of sp³-hybridized carbons (Fsp3) is 0.571. The molecule has 3 atom stereocenters. The number of aromatic nitrogens is 2. The average molecular weight is 408 g/mol. The largest absolute Gasteiger partial charge is 0.496 e. The first-order valence-electron chi connectivity index (χ1n) is 10.1. The van der Waals surface area contributed by atoms with Gasteiger partial charge in [0, 0.05) is 24.2 Å². The number of halogens is 3. The van der Waals surface area contributed by atoms with Gasteiger partial charge in [-0.25, -0.2) is 4.68 Å². The van der Waals surface area contributed by atoms with Gasteiger partial charge in [-0.2, -0.15) is 18.3 Å². The van der Waals surface area contributed by atoms with E-state index in [0.29, 0.717) is 18.1 Å². The third-order valence-electron chi connectivity index (χ3n) is 5.91. The lowest BCUT2D eigenvalue weighted by Gasteiger charge is -2.31. The number of ether oxygens (including phenoxy) is 1. The van der Waals surface area contributed by atoms with Gasteiger partial charge >= 0.3 is 6.18 Å². The monoisotopic (exact) mass is 408 g/mol. The molecule has 2 aliphatic rings. The fourth-order valence-corrected chi connectivity index (χ4v) is 4.54. The zero-order chi connectivity index (χ0) is 20.8. The molecule has 1 fully saturated rings. The molecule has 0 bridgehead atoms. The Kier molecular flexibility index (Phi) is 5.23. The van der Waals surface area contributed by atoms with Gasteiger partial charge in [0.2, 0.25) is 0 Å². The molecule has 3 heterocycles. The highest BCUT2D eigenvalue weighted by Crippen LogP contribution is 2.42. The van der Waals surface area contributed by atoms with Gasteiger partial charge in [0.25, 0.3) is 0 Å². The molecule has 4 rings (SSSR count). The molecule has 1 aromatic carbocycles. The number of methoxy groups -OCH3 is 1. The molecule has 8 heteroatoms. The van der Waals surface area contributed by atoms with Crippen molar-refractivity contribution in [1.82, 2.24) is 14.7 Å². The van der Waals surface area contributed by atoms with Crippen LogP contribution in [0.5, 0.6) is 5.75 Å². The first kappa shape index (κ1) is 20.1. The van der Waals surface area contributed by atoms with Gasteiger partial charge in [-0.3, -0.25) is 4.90 Å². The molecule has 1 aromatic heterocycles. The number of hydrogen-bond donors (Lipinski definition) is 1. The van der Waals surface area contributed by atoms with Crippen LogP contribution in [-0.4, -0.2) is 40.6 Å². The standard InChI is InChI=1S/C21H27F3N4O/c1-13-6-7-18(29-3)15(9-13)12-27-8-4-5-17(27)16-11-20-25-14(2)10-19(21(22,23)24)28(20)26-16/h6-7,9,11,14,17,19,25H,4-5,8,10,12H2,1-3H3/t14-,17+,19-/m1/s1. The molecule has 0 spiro atoms. The third kappa shape index (κ3) is 3.95. The van der Waals surface area contributed by atoms with Crippen LogP contribution in [0, 0.1) is 6.92 Å². The summed E-state index contributed by atoms with van der Waals surface area (Å²) in [6.07, 6.45) is -2.43. The number of anilines is 1. The van der Waals surface area contributed by atoms with E-state index in [2.05, 4.69) is 21.4 Å². The maximum atomic E-state index is 13.6. The SMILES string of the molecule is COc1ccc(C)cc1CN1CCC[C@H]1c1cc2n(n1)[C@@H](C(F)(F)F)C[C@@H](C)N2. The van der Waals surface area contributed by atoms with E-state index in [1.165, 1.54) is 0 Å². The van der Waals surface area contributed by atoms with E-state index in [-0.39, 0.29) is 18.5 Å². The van der Waals surface area contributed by atoms with E-state index >= 15 is 0 Å². The van der Waals surface area contributed by atoms with Crippen LogP contribution in [0.25, 0.3) is 0 Å². The molecule has 0 amide bonds. The molecule has 2 aliphatic heterocycles. The topological polar surface area (TPSA) is 42.3 Å². The van der Waals surface area contributed by atoms with E-state index in [0.717, 1.165) is 40.9 Å². The number of fused-ring (bicyclic) bond motifs is 1. The number of benzene rings is 1. The number of rotatable bonds is 4. The predicted molar refractivity (Wildman–Crippen MR) is 105 cm³/mol. The first-order valence-corrected chi connectivity index (χ1v) is 10.1. The van der Waals surface area contributed by atoms with Crippen LogP contribution in [0.2, 0.25) is 0 Å². The highest BCUT2D eigenvalue weighted by Gasteiger charge is 2.46. The van der Waals surface area contributed by atoms with Crippen LogP contribution in [0.4, 0.5) is 19.0 Å². The summed E-state index contributed by atoms with van der Waals surface area (Å²) in [7, 11) is 1.66. The van der Waals surface area contributed by atoms with Crippen LogP contribution in [0.1, 0.15) is 55.1 Å². The molecule has 0 unspecified atom stereocenters. The normalized spacial score (nSPS) is 25.0. The summed E-state index contributed by atoms with van der Waals surface area (Å²) in [5, 5.41) is 7.59. The van der Waals surface area contributed by atoms with E-state index in [9.17, 15) is 13.2 Å². The highest BCUT2D eigenvalue weighted by atomic mass is 19.4. The van der Waals surface area contributed by atoms with Crippen LogP contribution in [-0.2, 0) is 6.54 Å². The van der Waals surface area contributed by atoms with Gasteiger partial charge in [-0.1, -0.05) is 17.7 Å². The molecule has 1 saturated heterocycles. The van der Waals surface area contributed by atoms with Crippen molar-refractivity contribution >= 4 is 5.82 Å². The Hall–Kier alpha value is -2.22. The Bertz CT molecular complexity index is 879. The Morgan fingerprint density at radius 1 is 1.28 bits per heavy atom. The molecule has 29 heavy (non-hydrogen) atoms. The van der Waals surface area contributed by atoms with Crippen LogP contribution < -0.4 is 10.1 Å². The van der Waals surface area contributed by atoms with Crippen LogP contribution in [0.3, 0.4) is 0 Å². The summed E-state index contributed by atoms with van der Waals surface area (Å²) in [6, 6.07) is 6.07. The Balaban J connectivity index is 1.61. The molecule has 0 saturated carbocycles. The summed E-state index contributed by atoms with van der Waals surface area (Å²) in [4.78, 5) is 2.29. The summed E-state index contributed by atoms with van der Waals surface area (Å²) < 4.78 is 47.3. The first-order chi connectivity index (χ1) is 13.8. The van der Waals surface area contributed by atoms with Crippen molar-refractivity contribution in [3.8, 4) is 5.75 Å². The summed E-state index contributed by atoms with van der Waals surface area (Å²) in [5.74, 6) is 1.29. The second-order valence-electron chi connectivity index (χ2n) is 8.18. The van der Waals surface area contributed by atoms with Crippen molar-refractivity contribution < 1.29 is 17.9 Å². The van der Waals surface area contributed by atoms with Crippen molar-refractivity contribution in [1.29, 1.82) is 0 Å². The Morgan fingerprint density at radius 3 is 2.79 bits per heavy atom. The smallest absolute Gasteiger partial charge is 0.410 e. The second-order valence-corrected chi connectivity index (χ2v) is 8.18. The van der Waals surface area contributed by atoms with E-state index in [4.69, 9.17) is 4.74 Å². The van der Waals surface area contributed by atoms with Gasteiger partial charge in [0.15, 0.2) is 6.04 Å². The van der Waals surface area contributed by atoms with Gasteiger partial charge in [-0.15, -0.1) is 0 Å². The van der Waals surface area contributed by atoms with Crippen LogP contribution in [0.15, 0.2) is 24.3 Å². The number of likely N-dealkylation sites (tertiary alicyclic amines) is 1. The van der Waals surface area contributed by atoms with Crippen molar-refractivity contribution in [3.05, 3.63) is 41.1 Å². The van der Waals surface area contributed by atoms with Gasteiger partial charge in [0.1, 0.15) is 11.6 Å². The number of alkyl halides is 3. The maximum absolute atomic E-state index is 13.6. The maximum Gasteiger partial charge on any atom is 0.410 e. The number of nitrogens with zero attached hydrogens (tertiary/aromatic N) is 3. The lowest BCUT2D eigenvalue weighted by Crippen LogP contribution is -2.37. The average Bonchev–Trinajstić information content (AvgIpc) is 3.26. The zero-order valence-electron chi connectivity index (χ0n) is 17.0. The predicted octanol–water partition coefficient (Wildman–Crippen LogP) is 4.84.